The van der Waals surface area contributed by atoms with Crippen LogP contribution in [-0.4, -0.2) is 18.0 Å². The first kappa shape index (κ1) is 13.1. The van der Waals surface area contributed by atoms with E-state index in [2.05, 4.69) is 28.2 Å². The lowest BCUT2D eigenvalue weighted by molar-refractivity contribution is -0.385. The lowest BCUT2D eigenvalue weighted by Crippen LogP contribution is -2.21. The van der Waals surface area contributed by atoms with Crippen molar-refractivity contribution in [3.8, 4) is 0 Å². The van der Waals surface area contributed by atoms with E-state index >= 15 is 0 Å². The highest BCUT2D eigenvalue weighted by Gasteiger charge is 2.14. The summed E-state index contributed by atoms with van der Waals surface area (Å²) in [4.78, 5) is 10.4. The average molecular weight is 287 g/mol. The second-order valence-electron chi connectivity index (χ2n) is 3.74. The van der Waals surface area contributed by atoms with Crippen molar-refractivity contribution in [1.29, 1.82) is 0 Å². The van der Waals surface area contributed by atoms with Crippen molar-refractivity contribution in [2.24, 2.45) is 0 Å². The number of nitro groups is 1. The summed E-state index contributed by atoms with van der Waals surface area (Å²) in [6.07, 6.45) is 1.78. The van der Waals surface area contributed by atoms with Crippen LogP contribution in [0.15, 0.2) is 22.7 Å². The van der Waals surface area contributed by atoms with Crippen LogP contribution in [0.5, 0.6) is 0 Å². The summed E-state index contributed by atoms with van der Waals surface area (Å²) in [5.41, 5.74) is 1.12. The van der Waals surface area contributed by atoms with E-state index in [1.165, 1.54) is 6.07 Å². The first-order chi connectivity index (χ1) is 7.56. The molecule has 0 fully saturated rings. The minimum absolute atomic E-state index is 0.134. The number of rotatable bonds is 5. The zero-order valence-corrected chi connectivity index (χ0v) is 11.0. The van der Waals surface area contributed by atoms with Gasteiger partial charge in [-0.3, -0.25) is 10.1 Å². The van der Waals surface area contributed by atoms with E-state index in [1.54, 1.807) is 6.07 Å². The summed E-state index contributed by atoms with van der Waals surface area (Å²) in [7, 11) is 1.91. The SMILES string of the molecule is CNC(C)CCc1cccc([N+](=O)[O-])c1Br. The number of hydrogen-bond acceptors (Lipinski definition) is 3. The van der Waals surface area contributed by atoms with E-state index in [9.17, 15) is 10.1 Å². The molecule has 0 saturated heterocycles. The van der Waals surface area contributed by atoms with Gasteiger partial charge in [0.2, 0.25) is 0 Å². The van der Waals surface area contributed by atoms with Crippen LogP contribution in [0.25, 0.3) is 0 Å². The van der Waals surface area contributed by atoms with Gasteiger partial charge in [0.15, 0.2) is 0 Å². The Hall–Kier alpha value is -0.940. The van der Waals surface area contributed by atoms with Gasteiger partial charge in [-0.15, -0.1) is 0 Å². The van der Waals surface area contributed by atoms with Gasteiger partial charge in [0.1, 0.15) is 0 Å². The van der Waals surface area contributed by atoms with Gasteiger partial charge in [-0.05, 0) is 48.3 Å². The van der Waals surface area contributed by atoms with Crippen molar-refractivity contribution in [3.05, 3.63) is 38.3 Å². The molecule has 0 aliphatic carbocycles. The van der Waals surface area contributed by atoms with Crippen molar-refractivity contribution in [1.82, 2.24) is 5.32 Å². The zero-order chi connectivity index (χ0) is 12.1. The molecule has 0 amide bonds. The number of nitro benzene ring substituents is 1. The molecule has 0 heterocycles. The number of halogens is 1. The standard InChI is InChI=1S/C11H15BrN2O2/c1-8(13-2)6-7-9-4-3-5-10(11(9)12)14(15)16/h3-5,8,13H,6-7H2,1-2H3. The van der Waals surface area contributed by atoms with Crippen LogP contribution in [0.2, 0.25) is 0 Å². The van der Waals surface area contributed by atoms with Crippen LogP contribution >= 0.6 is 15.9 Å². The van der Waals surface area contributed by atoms with Crippen molar-refractivity contribution in [2.45, 2.75) is 25.8 Å². The second kappa shape index (κ2) is 5.96. The molecule has 1 N–H and O–H groups in total. The predicted molar refractivity (Wildman–Crippen MR) is 67.6 cm³/mol. The minimum Gasteiger partial charge on any atom is -0.317 e. The molecule has 88 valence electrons. The van der Waals surface area contributed by atoms with Gasteiger partial charge in [0.25, 0.3) is 5.69 Å². The Balaban J connectivity index is 2.81. The fraction of sp³-hybridized carbons (Fsp3) is 0.455. The molecule has 1 unspecified atom stereocenters. The molecule has 0 aromatic heterocycles. The highest BCUT2D eigenvalue weighted by Crippen LogP contribution is 2.29. The molecule has 4 nitrogen and oxygen atoms in total. The fourth-order valence-electron chi connectivity index (χ4n) is 1.42. The van der Waals surface area contributed by atoms with Gasteiger partial charge in [-0.1, -0.05) is 12.1 Å². The maximum atomic E-state index is 10.7. The van der Waals surface area contributed by atoms with E-state index in [-0.39, 0.29) is 10.6 Å². The maximum absolute atomic E-state index is 10.7. The van der Waals surface area contributed by atoms with Crippen molar-refractivity contribution >= 4 is 21.6 Å². The number of aryl methyl sites for hydroxylation is 1. The van der Waals surface area contributed by atoms with Crippen LogP contribution in [0.1, 0.15) is 18.9 Å². The lowest BCUT2D eigenvalue weighted by atomic mass is 10.1. The molecule has 1 aromatic rings. The molecule has 5 heteroatoms. The van der Waals surface area contributed by atoms with Gasteiger partial charge in [-0.2, -0.15) is 0 Å². The Kier molecular flexibility index (Phi) is 4.89. The largest absolute Gasteiger partial charge is 0.317 e. The first-order valence-corrected chi connectivity index (χ1v) is 5.94. The molecule has 1 atom stereocenters. The Labute approximate surface area is 103 Å². The third kappa shape index (κ3) is 3.28. The third-order valence-corrected chi connectivity index (χ3v) is 3.51. The van der Waals surface area contributed by atoms with Gasteiger partial charge in [0, 0.05) is 12.1 Å². The molecular weight excluding hydrogens is 272 g/mol. The highest BCUT2D eigenvalue weighted by molar-refractivity contribution is 9.10. The predicted octanol–water partition coefficient (Wildman–Crippen LogP) is 2.90. The summed E-state index contributed by atoms with van der Waals surface area (Å²) in [5.74, 6) is 0. The van der Waals surface area contributed by atoms with Gasteiger partial charge in [0.05, 0.1) is 9.40 Å². The second-order valence-corrected chi connectivity index (χ2v) is 4.53. The summed E-state index contributed by atoms with van der Waals surface area (Å²) >= 11 is 3.29. The number of benzene rings is 1. The van der Waals surface area contributed by atoms with Crippen LogP contribution in [0, 0.1) is 10.1 Å². The van der Waals surface area contributed by atoms with Crippen LogP contribution in [-0.2, 0) is 6.42 Å². The molecule has 1 rings (SSSR count). The Morgan fingerprint density at radius 3 is 2.81 bits per heavy atom. The summed E-state index contributed by atoms with van der Waals surface area (Å²) in [5, 5.41) is 13.9. The first-order valence-electron chi connectivity index (χ1n) is 5.15. The molecule has 16 heavy (non-hydrogen) atoms. The number of hydrogen-bond donors (Lipinski definition) is 1. The van der Waals surface area contributed by atoms with Gasteiger partial charge >= 0.3 is 0 Å². The molecule has 0 saturated carbocycles. The normalized spacial score (nSPS) is 12.4. The summed E-state index contributed by atoms with van der Waals surface area (Å²) in [6.45, 7) is 2.09. The van der Waals surface area contributed by atoms with E-state index in [0.717, 1.165) is 18.4 Å². The third-order valence-electron chi connectivity index (χ3n) is 2.59. The molecule has 0 aliphatic rings. The van der Waals surface area contributed by atoms with Crippen molar-refractivity contribution in [2.75, 3.05) is 7.05 Å². The molecule has 0 spiro atoms. The molecular formula is C11H15BrN2O2. The Morgan fingerprint density at radius 1 is 1.56 bits per heavy atom. The van der Waals surface area contributed by atoms with E-state index in [1.807, 2.05) is 13.1 Å². The quantitative estimate of drug-likeness (QED) is 0.669. The Morgan fingerprint density at radius 2 is 2.25 bits per heavy atom. The Bertz CT molecular complexity index is 382. The van der Waals surface area contributed by atoms with E-state index in [4.69, 9.17) is 0 Å². The summed E-state index contributed by atoms with van der Waals surface area (Å²) < 4.78 is 0.600. The minimum atomic E-state index is -0.366. The zero-order valence-electron chi connectivity index (χ0n) is 9.37. The van der Waals surface area contributed by atoms with Crippen molar-refractivity contribution in [3.63, 3.8) is 0 Å². The van der Waals surface area contributed by atoms with E-state index < -0.39 is 0 Å². The topological polar surface area (TPSA) is 55.2 Å². The number of nitrogens with one attached hydrogen (secondary N) is 1. The molecule has 1 aromatic carbocycles. The monoisotopic (exact) mass is 286 g/mol. The smallest absolute Gasteiger partial charge is 0.283 e. The number of nitrogens with zero attached hydrogens (tertiary/aromatic N) is 1. The van der Waals surface area contributed by atoms with Gasteiger partial charge in [-0.25, -0.2) is 0 Å². The lowest BCUT2D eigenvalue weighted by Gasteiger charge is -2.10. The van der Waals surface area contributed by atoms with Crippen LogP contribution in [0.3, 0.4) is 0 Å². The van der Waals surface area contributed by atoms with Crippen LogP contribution in [0.4, 0.5) is 5.69 Å². The van der Waals surface area contributed by atoms with Crippen molar-refractivity contribution < 1.29 is 4.92 Å². The fourth-order valence-corrected chi connectivity index (χ4v) is 2.02. The molecule has 0 bridgehead atoms. The van der Waals surface area contributed by atoms with Gasteiger partial charge < -0.3 is 5.32 Å². The van der Waals surface area contributed by atoms with Crippen LogP contribution < -0.4 is 5.32 Å². The summed E-state index contributed by atoms with van der Waals surface area (Å²) in [6, 6.07) is 5.56. The molecule has 0 aliphatic heterocycles. The highest BCUT2D eigenvalue weighted by atomic mass is 79.9. The average Bonchev–Trinajstić information content (AvgIpc) is 2.26. The van der Waals surface area contributed by atoms with E-state index in [0.29, 0.717) is 10.5 Å². The maximum Gasteiger partial charge on any atom is 0.283 e. The molecule has 0 radical (unpaired) electrons.